The molecule has 126 valence electrons. The van der Waals surface area contributed by atoms with Gasteiger partial charge in [0.15, 0.2) is 0 Å². The molecule has 3 N–H and O–H groups in total. The standard InChI is InChI=1S/C17H18ClN3O3/c1-10(2)24-17-14(18)7-13(9-21-17)16(23)20-8-11-3-5-12(6-4-11)15(19)22/h3-7,9-10H,8H2,1-2H3,(H2,19,22)(H,20,23). The second-order valence-electron chi connectivity index (χ2n) is 5.42. The van der Waals surface area contributed by atoms with Crippen LogP contribution in [0.3, 0.4) is 0 Å². The number of nitrogens with zero attached hydrogens (tertiary/aromatic N) is 1. The molecule has 0 radical (unpaired) electrons. The van der Waals surface area contributed by atoms with E-state index in [2.05, 4.69) is 10.3 Å². The molecule has 1 aromatic carbocycles. The van der Waals surface area contributed by atoms with Crippen LogP contribution in [0.2, 0.25) is 5.02 Å². The summed E-state index contributed by atoms with van der Waals surface area (Å²) in [6.45, 7) is 4.03. The van der Waals surface area contributed by atoms with Crippen molar-refractivity contribution in [3.8, 4) is 5.88 Å². The normalized spacial score (nSPS) is 10.5. The number of halogens is 1. The van der Waals surface area contributed by atoms with Crippen LogP contribution in [-0.2, 0) is 6.54 Å². The zero-order valence-corrected chi connectivity index (χ0v) is 14.1. The summed E-state index contributed by atoms with van der Waals surface area (Å²) in [6, 6.07) is 8.19. The van der Waals surface area contributed by atoms with Crippen molar-refractivity contribution in [2.45, 2.75) is 26.5 Å². The third-order valence-electron chi connectivity index (χ3n) is 3.11. The number of pyridine rings is 1. The first-order valence-electron chi connectivity index (χ1n) is 7.36. The Bertz CT molecular complexity index is 745. The lowest BCUT2D eigenvalue weighted by atomic mass is 10.1. The van der Waals surface area contributed by atoms with Crippen LogP contribution in [0.4, 0.5) is 0 Å². The molecule has 0 saturated heterocycles. The SMILES string of the molecule is CC(C)Oc1ncc(C(=O)NCc2ccc(C(N)=O)cc2)cc1Cl. The van der Waals surface area contributed by atoms with E-state index in [4.69, 9.17) is 22.1 Å². The summed E-state index contributed by atoms with van der Waals surface area (Å²) in [5.74, 6) is -0.500. The third-order valence-corrected chi connectivity index (χ3v) is 3.38. The molecule has 2 amide bonds. The number of hydrogen-bond acceptors (Lipinski definition) is 4. The van der Waals surface area contributed by atoms with Gasteiger partial charge in [-0.05, 0) is 37.6 Å². The second kappa shape index (κ2) is 7.79. The second-order valence-corrected chi connectivity index (χ2v) is 5.83. The van der Waals surface area contributed by atoms with Crippen LogP contribution >= 0.6 is 11.6 Å². The van der Waals surface area contributed by atoms with E-state index in [0.29, 0.717) is 23.6 Å². The van der Waals surface area contributed by atoms with E-state index in [9.17, 15) is 9.59 Å². The first-order chi connectivity index (χ1) is 11.4. The van der Waals surface area contributed by atoms with Gasteiger partial charge in [-0.25, -0.2) is 4.98 Å². The third kappa shape index (κ3) is 4.70. The van der Waals surface area contributed by atoms with Crippen LogP contribution in [-0.4, -0.2) is 22.9 Å². The molecule has 2 rings (SSSR count). The number of carbonyl (C=O) groups excluding carboxylic acids is 2. The summed E-state index contributed by atoms with van der Waals surface area (Å²) >= 11 is 6.07. The smallest absolute Gasteiger partial charge is 0.253 e. The molecule has 0 unspecified atom stereocenters. The van der Waals surface area contributed by atoms with Gasteiger partial charge in [-0.1, -0.05) is 23.7 Å². The van der Waals surface area contributed by atoms with Gasteiger partial charge >= 0.3 is 0 Å². The number of hydrogen-bond donors (Lipinski definition) is 2. The minimum atomic E-state index is -0.491. The van der Waals surface area contributed by atoms with Crippen molar-refractivity contribution in [3.63, 3.8) is 0 Å². The number of nitrogens with two attached hydrogens (primary N) is 1. The molecular weight excluding hydrogens is 330 g/mol. The number of primary amides is 1. The number of nitrogens with one attached hydrogen (secondary N) is 1. The number of benzene rings is 1. The molecule has 0 aliphatic rings. The molecule has 0 saturated carbocycles. The van der Waals surface area contributed by atoms with Gasteiger partial charge in [0.05, 0.1) is 11.7 Å². The van der Waals surface area contributed by atoms with Crippen molar-refractivity contribution < 1.29 is 14.3 Å². The van der Waals surface area contributed by atoms with Crippen molar-refractivity contribution in [1.29, 1.82) is 0 Å². The topological polar surface area (TPSA) is 94.3 Å². The highest BCUT2D eigenvalue weighted by Gasteiger charge is 2.12. The molecule has 1 heterocycles. The average molecular weight is 348 g/mol. The van der Waals surface area contributed by atoms with E-state index < -0.39 is 5.91 Å². The monoisotopic (exact) mass is 347 g/mol. The lowest BCUT2D eigenvalue weighted by molar-refractivity contribution is 0.0948. The molecule has 0 fully saturated rings. The lowest BCUT2D eigenvalue weighted by Gasteiger charge is -2.11. The summed E-state index contributed by atoms with van der Waals surface area (Å²) < 4.78 is 5.43. The van der Waals surface area contributed by atoms with E-state index >= 15 is 0 Å². The first-order valence-corrected chi connectivity index (χ1v) is 7.73. The molecule has 0 aliphatic carbocycles. The summed E-state index contributed by atoms with van der Waals surface area (Å²) in [5.41, 5.74) is 6.78. The Hall–Kier alpha value is -2.60. The fourth-order valence-corrected chi connectivity index (χ4v) is 2.14. The molecular formula is C17H18ClN3O3. The highest BCUT2D eigenvalue weighted by molar-refractivity contribution is 6.32. The molecule has 24 heavy (non-hydrogen) atoms. The van der Waals surface area contributed by atoms with Gasteiger partial charge in [0.25, 0.3) is 5.91 Å². The number of ether oxygens (including phenoxy) is 1. The van der Waals surface area contributed by atoms with Crippen molar-refractivity contribution in [2.24, 2.45) is 5.73 Å². The maximum atomic E-state index is 12.2. The fourth-order valence-electron chi connectivity index (χ4n) is 1.93. The lowest BCUT2D eigenvalue weighted by Crippen LogP contribution is -2.23. The quantitative estimate of drug-likeness (QED) is 0.839. The van der Waals surface area contributed by atoms with Gasteiger partial charge in [-0.15, -0.1) is 0 Å². The van der Waals surface area contributed by atoms with Crippen LogP contribution in [0.25, 0.3) is 0 Å². The first kappa shape index (κ1) is 17.7. The van der Waals surface area contributed by atoms with Gasteiger partial charge in [-0.3, -0.25) is 9.59 Å². The Kier molecular flexibility index (Phi) is 5.76. The minimum Gasteiger partial charge on any atom is -0.474 e. The summed E-state index contributed by atoms with van der Waals surface area (Å²) in [4.78, 5) is 27.2. The van der Waals surface area contributed by atoms with Gasteiger partial charge in [0.2, 0.25) is 11.8 Å². The highest BCUT2D eigenvalue weighted by atomic mass is 35.5. The summed E-state index contributed by atoms with van der Waals surface area (Å²) in [7, 11) is 0. The Morgan fingerprint density at radius 2 is 1.92 bits per heavy atom. The van der Waals surface area contributed by atoms with E-state index in [1.165, 1.54) is 12.3 Å². The maximum Gasteiger partial charge on any atom is 0.253 e. The van der Waals surface area contributed by atoms with Gasteiger partial charge in [0, 0.05) is 18.3 Å². The number of carbonyl (C=O) groups is 2. The van der Waals surface area contributed by atoms with Crippen LogP contribution in [0, 0.1) is 0 Å². The van der Waals surface area contributed by atoms with Crippen LogP contribution in [0.1, 0.15) is 40.1 Å². The molecule has 0 spiro atoms. The summed E-state index contributed by atoms with van der Waals surface area (Å²) in [6.07, 6.45) is 1.35. The van der Waals surface area contributed by atoms with Gasteiger partial charge in [0.1, 0.15) is 5.02 Å². The number of aromatic nitrogens is 1. The van der Waals surface area contributed by atoms with Crippen LogP contribution in [0.5, 0.6) is 5.88 Å². The largest absolute Gasteiger partial charge is 0.474 e. The van der Waals surface area contributed by atoms with Gasteiger partial charge in [-0.2, -0.15) is 0 Å². The van der Waals surface area contributed by atoms with Crippen molar-refractivity contribution >= 4 is 23.4 Å². The molecule has 7 heteroatoms. The molecule has 0 atom stereocenters. The Balaban J connectivity index is 1.99. The van der Waals surface area contributed by atoms with E-state index in [1.54, 1.807) is 24.3 Å². The van der Waals surface area contributed by atoms with Crippen molar-refractivity contribution in [3.05, 3.63) is 58.2 Å². The molecule has 0 aliphatic heterocycles. The average Bonchev–Trinajstić information content (AvgIpc) is 2.54. The van der Waals surface area contributed by atoms with Crippen LogP contribution < -0.4 is 15.8 Å². The summed E-state index contributed by atoms with van der Waals surface area (Å²) in [5, 5.41) is 3.04. The van der Waals surface area contributed by atoms with Crippen molar-refractivity contribution in [1.82, 2.24) is 10.3 Å². The zero-order chi connectivity index (χ0) is 17.7. The van der Waals surface area contributed by atoms with E-state index in [0.717, 1.165) is 5.56 Å². The fraction of sp³-hybridized carbons (Fsp3) is 0.235. The zero-order valence-electron chi connectivity index (χ0n) is 13.4. The minimum absolute atomic E-state index is 0.0574. The van der Waals surface area contributed by atoms with Crippen molar-refractivity contribution in [2.75, 3.05) is 0 Å². The Morgan fingerprint density at radius 1 is 1.25 bits per heavy atom. The highest BCUT2D eigenvalue weighted by Crippen LogP contribution is 2.23. The van der Waals surface area contributed by atoms with Gasteiger partial charge < -0.3 is 15.8 Å². The Morgan fingerprint density at radius 3 is 2.46 bits per heavy atom. The molecule has 2 aromatic rings. The maximum absolute atomic E-state index is 12.2. The predicted molar refractivity (Wildman–Crippen MR) is 91.1 cm³/mol. The van der Waals surface area contributed by atoms with E-state index in [1.807, 2.05) is 13.8 Å². The molecule has 1 aromatic heterocycles. The van der Waals surface area contributed by atoms with E-state index in [-0.39, 0.29) is 17.0 Å². The molecule has 6 nitrogen and oxygen atoms in total. The molecule has 0 bridgehead atoms. The predicted octanol–water partition coefficient (Wildman–Crippen LogP) is 2.55. The number of rotatable bonds is 6. The number of amides is 2. The Labute approximate surface area is 145 Å². The van der Waals surface area contributed by atoms with Crippen LogP contribution in [0.15, 0.2) is 36.5 Å².